The summed E-state index contributed by atoms with van der Waals surface area (Å²) in [7, 11) is 0. The van der Waals surface area contributed by atoms with Gasteiger partial charge < -0.3 is 0 Å². The minimum atomic E-state index is 0.487. The van der Waals surface area contributed by atoms with Gasteiger partial charge in [-0.3, -0.25) is 0 Å². The third kappa shape index (κ3) is 4.13. The molecule has 0 saturated carbocycles. The zero-order chi connectivity index (χ0) is 13.8. The van der Waals surface area contributed by atoms with Crippen molar-refractivity contribution >= 4 is 35.1 Å². The Kier molecular flexibility index (Phi) is 5.13. The molecule has 0 fully saturated rings. The first-order valence-electron chi connectivity index (χ1n) is 5.95. The molecule has 0 aliphatic rings. The van der Waals surface area contributed by atoms with Gasteiger partial charge in [0.2, 0.25) is 0 Å². The van der Waals surface area contributed by atoms with Crippen molar-refractivity contribution in [3.63, 3.8) is 0 Å². The van der Waals surface area contributed by atoms with Crippen molar-refractivity contribution in [2.45, 2.75) is 34.8 Å². The second-order valence-corrected chi connectivity index (χ2v) is 6.60. The Morgan fingerprint density at radius 2 is 1.79 bits per heavy atom. The maximum atomic E-state index is 5.98. The van der Waals surface area contributed by atoms with Gasteiger partial charge >= 0.3 is 0 Å². The van der Waals surface area contributed by atoms with E-state index in [1.807, 2.05) is 6.26 Å². The highest BCUT2D eigenvalue weighted by Crippen LogP contribution is 2.29. The molecule has 0 unspecified atom stereocenters. The van der Waals surface area contributed by atoms with E-state index in [4.69, 9.17) is 11.6 Å². The summed E-state index contributed by atoms with van der Waals surface area (Å²) in [6.07, 6.45) is 1.94. The van der Waals surface area contributed by atoms with Gasteiger partial charge in [0.05, 0.1) is 0 Å². The van der Waals surface area contributed by atoms with Crippen LogP contribution in [-0.4, -0.2) is 16.2 Å². The van der Waals surface area contributed by atoms with Crippen LogP contribution in [0.15, 0.2) is 45.4 Å². The van der Waals surface area contributed by atoms with Crippen molar-refractivity contribution in [1.29, 1.82) is 0 Å². The lowest BCUT2D eigenvalue weighted by Crippen LogP contribution is -1.89. The summed E-state index contributed by atoms with van der Waals surface area (Å²) in [6, 6.07) is 10.3. The van der Waals surface area contributed by atoms with E-state index in [2.05, 4.69) is 48.1 Å². The topological polar surface area (TPSA) is 25.8 Å². The van der Waals surface area contributed by atoms with Crippen LogP contribution in [-0.2, 0) is 0 Å². The number of thioether (sulfide) groups is 1. The molecule has 0 saturated heterocycles. The molecule has 2 nitrogen and oxygen atoms in total. The Hall–Kier alpha value is -0.710. The molecule has 1 aromatic carbocycles. The fourth-order valence-corrected chi connectivity index (χ4v) is 3.11. The summed E-state index contributed by atoms with van der Waals surface area (Å²) in [6.45, 7) is 4.38. The van der Waals surface area contributed by atoms with Gasteiger partial charge in [-0.1, -0.05) is 61.1 Å². The number of nitrogens with zero attached hydrogens (tertiary/aromatic N) is 2. The van der Waals surface area contributed by atoms with Gasteiger partial charge in [-0.25, -0.2) is 9.97 Å². The Morgan fingerprint density at radius 3 is 2.37 bits per heavy atom. The average Bonchev–Trinajstić information content (AvgIpc) is 2.38. The Balaban J connectivity index is 2.18. The van der Waals surface area contributed by atoms with Crippen molar-refractivity contribution < 1.29 is 0 Å². The molecule has 2 aromatic rings. The van der Waals surface area contributed by atoms with E-state index in [1.54, 1.807) is 17.8 Å². The molecule has 0 radical (unpaired) electrons. The first kappa shape index (κ1) is 14.7. The van der Waals surface area contributed by atoms with Crippen molar-refractivity contribution in [3.8, 4) is 0 Å². The predicted octanol–water partition coefficient (Wildman–Crippen LogP) is 5.13. The zero-order valence-corrected chi connectivity index (χ0v) is 13.4. The molecule has 0 N–H and O–H groups in total. The average molecular weight is 311 g/mol. The molecule has 100 valence electrons. The minimum Gasteiger partial charge on any atom is -0.216 e. The van der Waals surface area contributed by atoms with Crippen molar-refractivity contribution in [3.05, 3.63) is 41.0 Å². The third-order valence-corrected chi connectivity index (χ3v) is 4.27. The van der Waals surface area contributed by atoms with Gasteiger partial charge in [0.1, 0.15) is 10.2 Å². The molecule has 19 heavy (non-hydrogen) atoms. The van der Waals surface area contributed by atoms with Crippen LogP contribution in [0.2, 0.25) is 5.15 Å². The van der Waals surface area contributed by atoms with E-state index in [-0.39, 0.29) is 0 Å². The fraction of sp³-hybridized carbons (Fsp3) is 0.286. The lowest BCUT2D eigenvalue weighted by molar-refractivity contribution is 0.864. The highest BCUT2D eigenvalue weighted by atomic mass is 35.5. The summed E-state index contributed by atoms with van der Waals surface area (Å²) >= 11 is 9.08. The molecule has 1 aromatic heterocycles. The zero-order valence-electron chi connectivity index (χ0n) is 11.1. The smallest absolute Gasteiger partial charge is 0.189 e. The summed E-state index contributed by atoms with van der Waals surface area (Å²) in [4.78, 5) is 9.73. The third-order valence-electron chi connectivity index (χ3n) is 2.60. The Morgan fingerprint density at radius 1 is 1.11 bits per heavy atom. The normalized spacial score (nSPS) is 11.0. The predicted molar refractivity (Wildman–Crippen MR) is 83.5 cm³/mol. The maximum absolute atomic E-state index is 5.98. The highest BCUT2D eigenvalue weighted by molar-refractivity contribution is 7.99. The molecule has 0 aliphatic carbocycles. The lowest BCUT2D eigenvalue weighted by atomic mass is 10.0. The number of benzene rings is 1. The van der Waals surface area contributed by atoms with Gasteiger partial charge in [0, 0.05) is 11.0 Å². The molecule has 0 amide bonds. The minimum absolute atomic E-state index is 0.487. The lowest BCUT2D eigenvalue weighted by Gasteiger charge is -2.07. The quantitative estimate of drug-likeness (QED) is 0.444. The van der Waals surface area contributed by atoms with E-state index in [1.165, 1.54) is 17.3 Å². The van der Waals surface area contributed by atoms with Crippen molar-refractivity contribution in [2.24, 2.45) is 0 Å². The van der Waals surface area contributed by atoms with Crippen LogP contribution in [0.25, 0.3) is 0 Å². The van der Waals surface area contributed by atoms with Crippen LogP contribution >= 0.6 is 35.1 Å². The second kappa shape index (κ2) is 6.64. The van der Waals surface area contributed by atoms with Crippen molar-refractivity contribution in [1.82, 2.24) is 9.97 Å². The maximum Gasteiger partial charge on any atom is 0.189 e. The summed E-state index contributed by atoms with van der Waals surface area (Å²) in [5, 5.41) is 2.07. The van der Waals surface area contributed by atoms with Crippen LogP contribution < -0.4 is 0 Å². The highest BCUT2D eigenvalue weighted by Gasteiger charge is 2.05. The second-order valence-electron chi connectivity index (χ2n) is 4.34. The van der Waals surface area contributed by atoms with Gasteiger partial charge in [0.15, 0.2) is 5.16 Å². The summed E-state index contributed by atoms with van der Waals surface area (Å²) in [5.74, 6) is 0.552. The number of hydrogen-bond donors (Lipinski definition) is 0. The first-order valence-corrected chi connectivity index (χ1v) is 8.37. The molecule has 0 spiro atoms. The Bertz CT molecular complexity index is 556. The van der Waals surface area contributed by atoms with Crippen molar-refractivity contribution in [2.75, 3.05) is 6.26 Å². The van der Waals surface area contributed by atoms with Crippen LogP contribution in [0.5, 0.6) is 0 Å². The van der Waals surface area contributed by atoms with Crippen LogP contribution in [0.1, 0.15) is 25.3 Å². The molecule has 0 aliphatic heterocycles. The number of rotatable bonds is 4. The Labute approximate surface area is 127 Å². The molecule has 0 atom stereocenters. The molecular weight excluding hydrogens is 296 g/mol. The molecular formula is C14H15ClN2S2. The van der Waals surface area contributed by atoms with E-state index >= 15 is 0 Å². The molecule has 2 rings (SSSR count). The first-order chi connectivity index (χ1) is 9.08. The van der Waals surface area contributed by atoms with E-state index in [9.17, 15) is 0 Å². The van der Waals surface area contributed by atoms with E-state index in [0.717, 1.165) is 9.92 Å². The van der Waals surface area contributed by atoms with Gasteiger partial charge in [-0.15, -0.1) is 0 Å². The summed E-state index contributed by atoms with van der Waals surface area (Å²) < 4.78 is 0. The van der Waals surface area contributed by atoms with Crippen LogP contribution in [0, 0.1) is 0 Å². The van der Waals surface area contributed by atoms with Crippen LogP contribution in [0.3, 0.4) is 0 Å². The van der Waals surface area contributed by atoms with Gasteiger partial charge in [0.25, 0.3) is 0 Å². The summed E-state index contributed by atoms with van der Waals surface area (Å²) in [5.41, 5.74) is 1.34. The largest absolute Gasteiger partial charge is 0.216 e. The SMILES string of the molecule is CSc1nc(Cl)cc(Sc2ccc(C(C)C)cc2)n1. The molecule has 0 bridgehead atoms. The van der Waals surface area contributed by atoms with E-state index in [0.29, 0.717) is 16.2 Å². The van der Waals surface area contributed by atoms with E-state index < -0.39 is 0 Å². The number of aromatic nitrogens is 2. The molecule has 5 heteroatoms. The molecule has 1 heterocycles. The number of hydrogen-bond acceptors (Lipinski definition) is 4. The van der Waals surface area contributed by atoms with Gasteiger partial charge in [-0.2, -0.15) is 0 Å². The monoisotopic (exact) mass is 310 g/mol. The van der Waals surface area contributed by atoms with Crippen LogP contribution in [0.4, 0.5) is 0 Å². The standard InChI is InChI=1S/C14H15ClN2S2/c1-9(2)10-4-6-11(7-5-10)19-13-8-12(15)16-14(17-13)18-3/h4-9H,1-3H3. The van der Waals surface area contributed by atoms with Gasteiger partial charge in [-0.05, 0) is 29.9 Å². The fourth-order valence-electron chi connectivity index (χ4n) is 1.56. The number of halogens is 1.